The van der Waals surface area contributed by atoms with Crippen LogP contribution in [0, 0.1) is 5.41 Å². The molecule has 0 radical (unpaired) electrons. The zero-order chi connectivity index (χ0) is 14.3. The van der Waals surface area contributed by atoms with Crippen LogP contribution < -0.4 is 5.73 Å². The number of carbonyl (C=O) groups is 1. The van der Waals surface area contributed by atoms with E-state index in [0.29, 0.717) is 18.0 Å². The van der Waals surface area contributed by atoms with E-state index in [9.17, 15) is 4.79 Å². The average Bonchev–Trinajstić information content (AvgIpc) is 2.34. The van der Waals surface area contributed by atoms with E-state index in [1.54, 1.807) is 12.1 Å². The van der Waals surface area contributed by atoms with Gasteiger partial charge in [-0.2, -0.15) is 0 Å². The lowest BCUT2D eigenvalue weighted by molar-refractivity contribution is -0.145. The van der Waals surface area contributed by atoms with Gasteiger partial charge in [-0.1, -0.05) is 37.6 Å². The lowest BCUT2D eigenvalue weighted by Crippen LogP contribution is -2.19. The largest absolute Gasteiger partial charge is 0.461 e. The second kappa shape index (κ2) is 7.51. The first kappa shape index (κ1) is 16.0. The van der Waals surface area contributed by atoms with E-state index in [4.69, 9.17) is 22.1 Å². The summed E-state index contributed by atoms with van der Waals surface area (Å²) in [5, 5.41) is 0.651. The van der Waals surface area contributed by atoms with Gasteiger partial charge in [0.25, 0.3) is 0 Å². The summed E-state index contributed by atoms with van der Waals surface area (Å²) in [5.74, 6) is -0.176. The molecule has 0 saturated carbocycles. The molecule has 0 aliphatic carbocycles. The Bertz CT molecular complexity index is 418. The van der Waals surface area contributed by atoms with Crippen LogP contribution in [-0.4, -0.2) is 12.5 Å². The first-order valence-corrected chi connectivity index (χ1v) is 6.91. The van der Waals surface area contributed by atoms with E-state index in [0.717, 1.165) is 18.4 Å². The summed E-state index contributed by atoms with van der Waals surface area (Å²) in [6.45, 7) is 5.15. The third-order valence-corrected chi connectivity index (χ3v) is 3.35. The van der Waals surface area contributed by atoms with Gasteiger partial charge in [0.05, 0.1) is 0 Å². The molecule has 3 nitrogen and oxygen atoms in total. The fourth-order valence-electron chi connectivity index (χ4n) is 1.82. The molecule has 19 heavy (non-hydrogen) atoms. The average molecular weight is 284 g/mol. The molecule has 0 atom stereocenters. The number of hydrogen-bond donors (Lipinski definition) is 1. The van der Waals surface area contributed by atoms with Gasteiger partial charge in [0.15, 0.2) is 0 Å². The first-order valence-electron chi connectivity index (χ1n) is 6.53. The normalized spacial score (nSPS) is 11.4. The van der Waals surface area contributed by atoms with Gasteiger partial charge in [-0.05, 0) is 42.5 Å². The molecule has 2 N–H and O–H groups in total. The molecule has 0 aliphatic heterocycles. The lowest BCUT2D eigenvalue weighted by atomic mass is 9.84. The Morgan fingerprint density at radius 2 is 2.11 bits per heavy atom. The van der Waals surface area contributed by atoms with Crippen LogP contribution in [0.3, 0.4) is 0 Å². The highest BCUT2D eigenvalue weighted by Crippen LogP contribution is 2.26. The standard InChI is InChI=1S/C15H22ClNO2/c1-15(2,8-9-17)7-6-14(18)19-11-12-4-3-5-13(16)10-12/h3-5,10H,6-9,11,17H2,1-2H3. The second-order valence-corrected chi connectivity index (χ2v) is 5.93. The van der Waals surface area contributed by atoms with Crippen LogP contribution in [0.1, 0.15) is 38.7 Å². The summed E-state index contributed by atoms with van der Waals surface area (Å²) in [5.41, 5.74) is 6.53. The Morgan fingerprint density at radius 1 is 1.37 bits per heavy atom. The molecule has 106 valence electrons. The minimum atomic E-state index is -0.176. The van der Waals surface area contributed by atoms with Crippen molar-refractivity contribution in [3.63, 3.8) is 0 Å². The zero-order valence-electron chi connectivity index (χ0n) is 11.6. The number of halogens is 1. The highest BCUT2D eigenvalue weighted by Gasteiger charge is 2.18. The van der Waals surface area contributed by atoms with Gasteiger partial charge in [0, 0.05) is 11.4 Å². The Morgan fingerprint density at radius 3 is 2.74 bits per heavy atom. The van der Waals surface area contributed by atoms with Crippen LogP contribution in [0.2, 0.25) is 5.02 Å². The number of rotatable bonds is 7. The number of esters is 1. The van der Waals surface area contributed by atoms with E-state index < -0.39 is 0 Å². The van der Waals surface area contributed by atoms with Crippen LogP contribution in [0.15, 0.2) is 24.3 Å². The van der Waals surface area contributed by atoms with Crippen LogP contribution in [-0.2, 0) is 16.1 Å². The minimum Gasteiger partial charge on any atom is -0.461 e. The summed E-state index contributed by atoms with van der Waals surface area (Å²) in [4.78, 5) is 11.7. The Kier molecular flexibility index (Phi) is 6.32. The van der Waals surface area contributed by atoms with Crippen molar-refractivity contribution in [2.45, 2.75) is 39.7 Å². The Balaban J connectivity index is 2.32. The Hall–Kier alpha value is -1.06. The molecule has 1 aromatic rings. The maximum absolute atomic E-state index is 11.7. The van der Waals surface area contributed by atoms with Crippen LogP contribution >= 0.6 is 11.6 Å². The molecule has 0 bridgehead atoms. The van der Waals surface area contributed by atoms with E-state index in [-0.39, 0.29) is 18.0 Å². The number of benzene rings is 1. The molecule has 0 saturated heterocycles. The highest BCUT2D eigenvalue weighted by molar-refractivity contribution is 6.30. The van der Waals surface area contributed by atoms with Crippen LogP contribution in [0.5, 0.6) is 0 Å². The number of hydrogen-bond acceptors (Lipinski definition) is 3. The molecule has 1 aromatic carbocycles. The van der Waals surface area contributed by atoms with Crippen molar-refractivity contribution >= 4 is 17.6 Å². The zero-order valence-corrected chi connectivity index (χ0v) is 12.4. The molecular weight excluding hydrogens is 262 g/mol. The van der Waals surface area contributed by atoms with Gasteiger partial charge < -0.3 is 10.5 Å². The summed E-state index contributed by atoms with van der Waals surface area (Å²) in [6, 6.07) is 7.32. The monoisotopic (exact) mass is 283 g/mol. The summed E-state index contributed by atoms with van der Waals surface area (Å²) in [7, 11) is 0. The SMILES string of the molecule is CC(C)(CCN)CCC(=O)OCc1cccc(Cl)c1. The van der Waals surface area contributed by atoms with Gasteiger partial charge in [-0.25, -0.2) is 0 Å². The van der Waals surface area contributed by atoms with Gasteiger partial charge in [0.2, 0.25) is 0 Å². The van der Waals surface area contributed by atoms with Gasteiger partial charge in [-0.15, -0.1) is 0 Å². The van der Waals surface area contributed by atoms with E-state index >= 15 is 0 Å². The fourth-order valence-corrected chi connectivity index (χ4v) is 2.03. The van der Waals surface area contributed by atoms with E-state index in [2.05, 4.69) is 13.8 Å². The number of ether oxygens (including phenoxy) is 1. The van der Waals surface area contributed by atoms with Crippen molar-refractivity contribution in [3.8, 4) is 0 Å². The third kappa shape index (κ3) is 6.60. The summed E-state index contributed by atoms with van der Waals surface area (Å²) in [6.07, 6.45) is 2.13. The molecule has 0 heterocycles. The smallest absolute Gasteiger partial charge is 0.306 e. The van der Waals surface area contributed by atoms with Crippen molar-refractivity contribution in [1.29, 1.82) is 0 Å². The predicted octanol–water partition coefficient (Wildman–Crippen LogP) is 3.54. The summed E-state index contributed by atoms with van der Waals surface area (Å²) < 4.78 is 5.23. The van der Waals surface area contributed by atoms with Crippen molar-refractivity contribution in [1.82, 2.24) is 0 Å². The maximum atomic E-state index is 11.7. The molecule has 0 aromatic heterocycles. The summed E-state index contributed by atoms with van der Waals surface area (Å²) >= 11 is 5.86. The third-order valence-electron chi connectivity index (χ3n) is 3.12. The van der Waals surface area contributed by atoms with E-state index in [1.807, 2.05) is 12.1 Å². The molecule has 0 fully saturated rings. The molecule has 4 heteroatoms. The van der Waals surface area contributed by atoms with Gasteiger partial charge >= 0.3 is 5.97 Å². The minimum absolute atomic E-state index is 0.0871. The molecule has 0 aliphatic rings. The lowest BCUT2D eigenvalue weighted by Gasteiger charge is -2.23. The number of carbonyl (C=O) groups excluding carboxylic acids is 1. The van der Waals surface area contributed by atoms with Crippen LogP contribution in [0.25, 0.3) is 0 Å². The molecule has 1 rings (SSSR count). The van der Waals surface area contributed by atoms with Crippen molar-refractivity contribution < 1.29 is 9.53 Å². The highest BCUT2D eigenvalue weighted by atomic mass is 35.5. The molecular formula is C15H22ClNO2. The molecule has 0 unspecified atom stereocenters. The first-order chi connectivity index (χ1) is 8.93. The maximum Gasteiger partial charge on any atom is 0.306 e. The topological polar surface area (TPSA) is 52.3 Å². The quantitative estimate of drug-likeness (QED) is 0.779. The second-order valence-electron chi connectivity index (χ2n) is 5.49. The van der Waals surface area contributed by atoms with Crippen molar-refractivity contribution in [3.05, 3.63) is 34.9 Å². The molecule has 0 spiro atoms. The fraction of sp³-hybridized carbons (Fsp3) is 0.533. The van der Waals surface area contributed by atoms with Crippen molar-refractivity contribution in [2.24, 2.45) is 11.1 Å². The number of nitrogens with two attached hydrogens (primary N) is 1. The van der Waals surface area contributed by atoms with Crippen LogP contribution in [0.4, 0.5) is 0 Å². The van der Waals surface area contributed by atoms with Gasteiger partial charge in [0.1, 0.15) is 6.61 Å². The van der Waals surface area contributed by atoms with Gasteiger partial charge in [-0.3, -0.25) is 4.79 Å². The van der Waals surface area contributed by atoms with Crippen molar-refractivity contribution in [2.75, 3.05) is 6.54 Å². The molecule has 0 amide bonds. The predicted molar refractivity (Wildman–Crippen MR) is 77.9 cm³/mol. The Labute approximate surface area is 120 Å². The van der Waals surface area contributed by atoms with E-state index in [1.165, 1.54) is 0 Å².